The number of likely N-dealkylation sites (tertiary alicyclic amines) is 1. The number of carbonyl (C=O) groups is 1. The van der Waals surface area contributed by atoms with Gasteiger partial charge in [-0.1, -0.05) is 0 Å². The van der Waals surface area contributed by atoms with Crippen molar-refractivity contribution in [3.63, 3.8) is 0 Å². The Hall–Kier alpha value is -0.610. The summed E-state index contributed by atoms with van der Waals surface area (Å²) in [6.07, 6.45) is 3.37. The third-order valence-electron chi connectivity index (χ3n) is 4.17. The Morgan fingerprint density at radius 2 is 2.22 bits per heavy atom. The van der Waals surface area contributed by atoms with Crippen LogP contribution in [0.1, 0.15) is 33.1 Å². The average Bonchev–Trinajstić information content (AvgIpc) is 2.72. The van der Waals surface area contributed by atoms with Crippen molar-refractivity contribution in [2.24, 2.45) is 5.92 Å². The molecule has 0 spiro atoms. The van der Waals surface area contributed by atoms with Crippen molar-refractivity contribution in [1.82, 2.24) is 9.80 Å². The third-order valence-corrected chi connectivity index (χ3v) is 4.17. The summed E-state index contributed by atoms with van der Waals surface area (Å²) < 4.78 is 5.51. The van der Waals surface area contributed by atoms with Crippen LogP contribution in [-0.4, -0.2) is 61.1 Å². The van der Waals surface area contributed by atoms with E-state index in [1.54, 1.807) is 0 Å². The van der Waals surface area contributed by atoms with Crippen molar-refractivity contribution >= 4 is 5.91 Å². The summed E-state index contributed by atoms with van der Waals surface area (Å²) in [5.41, 5.74) is 0. The Kier molecular flexibility index (Phi) is 4.62. The summed E-state index contributed by atoms with van der Waals surface area (Å²) in [7, 11) is 2.08. The molecule has 4 nitrogen and oxygen atoms in total. The molecule has 0 radical (unpaired) electrons. The summed E-state index contributed by atoms with van der Waals surface area (Å²) >= 11 is 0. The largest absolute Gasteiger partial charge is 0.381 e. The fourth-order valence-electron chi connectivity index (χ4n) is 3.09. The zero-order valence-electron chi connectivity index (χ0n) is 11.9. The molecule has 1 amide bonds. The lowest BCUT2D eigenvalue weighted by Gasteiger charge is -2.30. The monoisotopic (exact) mass is 254 g/mol. The first-order valence-corrected chi connectivity index (χ1v) is 7.18. The van der Waals surface area contributed by atoms with E-state index in [1.807, 2.05) is 4.90 Å². The Morgan fingerprint density at radius 3 is 2.78 bits per heavy atom. The van der Waals surface area contributed by atoms with Gasteiger partial charge in [-0.3, -0.25) is 9.69 Å². The predicted molar refractivity (Wildman–Crippen MR) is 71.4 cm³/mol. The normalized spacial score (nSPS) is 29.6. The van der Waals surface area contributed by atoms with Crippen LogP contribution in [0.15, 0.2) is 0 Å². The minimum atomic E-state index is 0.0920. The van der Waals surface area contributed by atoms with E-state index in [0.29, 0.717) is 17.9 Å². The molecule has 4 heteroatoms. The first-order chi connectivity index (χ1) is 8.59. The number of likely N-dealkylation sites (N-methyl/N-ethyl adjacent to an activating group) is 1. The van der Waals surface area contributed by atoms with Crippen LogP contribution < -0.4 is 0 Å². The van der Waals surface area contributed by atoms with Gasteiger partial charge in [0.1, 0.15) is 0 Å². The standard InChI is InChI=1S/C14H26N2O2/c1-11(2)16-7-6-13(14(16)17)15(3)9-12-5-4-8-18-10-12/h11-13H,4-10H2,1-3H3/t12-,13-/m1/s1. The van der Waals surface area contributed by atoms with E-state index in [2.05, 4.69) is 25.8 Å². The highest BCUT2D eigenvalue weighted by Gasteiger charge is 2.36. The fourth-order valence-corrected chi connectivity index (χ4v) is 3.09. The van der Waals surface area contributed by atoms with Crippen LogP contribution in [0.4, 0.5) is 0 Å². The lowest BCUT2D eigenvalue weighted by Crippen LogP contribution is -2.44. The van der Waals surface area contributed by atoms with Gasteiger partial charge in [0.05, 0.1) is 12.6 Å². The minimum absolute atomic E-state index is 0.0920. The summed E-state index contributed by atoms with van der Waals surface area (Å²) in [6, 6.07) is 0.420. The maximum Gasteiger partial charge on any atom is 0.240 e. The van der Waals surface area contributed by atoms with Crippen LogP contribution in [0.5, 0.6) is 0 Å². The lowest BCUT2D eigenvalue weighted by molar-refractivity contribution is -0.133. The molecular formula is C14H26N2O2. The Balaban J connectivity index is 1.85. The molecule has 0 unspecified atom stereocenters. The van der Waals surface area contributed by atoms with Crippen molar-refractivity contribution in [3.05, 3.63) is 0 Å². The van der Waals surface area contributed by atoms with Gasteiger partial charge in [-0.15, -0.1) is 0 Å². The van der Waals surface area contributed by atoms with Gasteiger partial charge < -0.3 is 9.64 Å². The van der Waals surface area contributed by atoms with E-state index in [0.717, 1.165) is 39.1 Å². The summed E-state index contributed by atoms with van der Waals surface area (Å²) in [5, 5.41) is 0. The van der Waals surface area contributed by atoms with Crippen LogP contribution in [-0.2, 0) is 9.53 Å². The van der Waals surface area contributed by atoms with Crippen molar-refractivity contribution in [2.45, 2.75) is 45.2 Å². The second-order valence-electron chi connectivity index (χ2n) is 5.95. The molecule has 0 aromatic heterocycles. The van der Waals surface area contributed by atoms with Crippen LogP contribution in [0.3, 0.4) is 0 Å². The summed E-state index contributed by atoms with van der Waals surface area (Å²) in [4.78, 5) is 16.5. The summed E-state index contributed by atoms with van der Waals surface area (Å²) in [5.74, 6) is 0.911. The number of rotatable bonds is 4. The number of hydrogen-bond donors (Lipinski definition) is 0. The number of hydrogen-bond acceptors (Lipinski definition) is 3. The van der Waals surface area contributed by atoms with Crippen molar-refractivity contribution in [2.75, 3.05) is 33.4 Å². The molecule has 0 N–H and O–H groups in total. The smallest absolute Gasteiger partial charge is 0.240 e. The quantitative estimate of drug-likeness (QED) is 0.759. The van der Waals surface area contributed by atoms with Crippen molar-refractivity contribution in [1.29, 1.82) is 0 Å². The fraction of sp³-hybridized carbons (Fsp3) is 0.929. The first kappa shape index (κ1) is 13.8. The highest BCUT2D eigenvalue weighted by Crippen LogP contribution is 2.21. The molecule has 104 valence electrons. The SMILES string of the molecule is CC(C)N1CC[C@@H](N(C)C[C@H]2CCCOC2)C1=O. The molecule has 2 heterocycles. The molecule has 0 aliphatic carbocycles. The van der Waals surface area contributed by atoms with Gasteiger partial charge >= 0.3 is 0 Å². The van der Waals surface area contributed by atoms with E-state index >= 15 is 0 Å². The number of ether oxygens (including phenoxy) is 1. The number of carbonyl (C=O) groups excluding carboxylic acids is 1. The molecule has 0 aromatic rings. The number of amides is 1. The van der Waals surface area contributed by atoms with Crippen molar-refractivity contribution in [3.8, 4) is 0 Å². The lowest BCUT2D eigenvalue weighted by atomic mass is 10.0. The molecule has 2 aliphatic heterocycles. The molecule has 2 aliphatic rings. The van der Waals surface area contributed by atoms with E-state index in [9.17, 15) is 4.79 Å². The zero-order chi connectivity index (χ0) is 13.1. The van der Waals surface area contributed by atoms with E-state index in [4.69, 9.17) is 4.74 Å². The van der Waals surface area contributed by atoms with Crippen molar-refractivity contribution < 1.29 is 9.53 Å². The molecule has 2 rings (SSSR count). The highest BCUT2D eigenvalue weighted by atomic mass is 16.5. The Morgan fingerprint density at radius 1 is 1.44 bits per heavy atom. The summed E-state index contributed by atoms with van der Waals surface area (Å²) in [6.45, 7) is 7.85. The van der Waals surface area contributed by atoms with E-state index < -0.39 is 0 Å². The molecule has 0 aromatic carbocycles. The van der Waals surface area contributed by atoms with Gasteiger partial charge in [-0.05, 0) is 46.1 Å². The highest BCUT2D eigenvalue weighted by molar-refractivity contribution is 5.84. The second kappa shape index (κ2) is 6.02. The average molecular weight is 254 g/mol. The first-order valence-electron chi connectivity index (χ1n) is 7.18. The van der Waals surface area contributed by atoms with Crippen LogP contribution in [0.2, 0.25) is 0 Å². The minimum Gasteiger partial charge on any atom is -0.381 e. The van der Waals surface area contributed by atoms with Gasteiger partial charge in [-0.2, -0.15) is 0 Å². The zero-order valence-corrected chi connectivity index (χ0v) is 11.9. The van der Waals surface area contributed by atoms with Gasteiger partial charge in [0.25, 0.3) is 0 Å². The van der Waals surface area contributed by atoms with Gasteiger partial charge in [0, 0.05) is 25.7 Å². The molecule has 2 fully saturated rings. The molecule has 18 heavy (non-hydrogen) atoms. The van der Waals surface area contributed by atoms with Gasteiger partial charge in [0.2, 0.25) is 5.91 Å². The predicted octanol–water partition coefficient (Wildman–Crippen LogP) is 1.35. The Bertz CT molecular complexity index is 288. The molecule has 0 bridgehead atoms. The van der Waals surface area contributed by atoms with E-state index in [-0.39, 0.29) is 6.04 Å². The Labute approximate surface area is 110 Å². The third kappa shape index (κ3) is 3.04. The van der Waals surface area contributed by atoms with E-state index in [1.165, 1.54) is 6.42 Å². The molecular weight excluding hydrogens is 228 g/mol. The van der Waals surface area contributed by atoms with Crippen LogP contribution in [0.25, 0.3) is 0 Å². The number of nitrogens with zero attached hydrogens (tertiary/aromatic N) is 2. The van der Waals surface area contributed by atoms with Gasteiger partial charge in [-0.25, -0.2) is 0 Å². The van der Waals surface area contributed by atoms with Crippen LogP contribution in [0, 0.1) is 5.92 Å². The molecule has 2 saturated heterocycles. The molecule has 0 saturated carbocycles. The van der Waals surface area contributed by atoms with Gasteiger partial charge in [0.15, 0.2) is 0 Å². The second-order valence-corrected chi connectivity index (χ2v) is 5.95. The van der Waals surface area contributed by atoms with Crippen LogP contribution >= 0.6 is 0 Å². The molecule has 2 atom stereocenters. The maximum atomic E-state index is 12.3. The maximum absolute atomic E-state index is 12.3. The topological polar surface area (TPSA) is 32.8 Å².